The van der Waals surface area contributed by atoms with Crippen LogP contribution in [0.5, 0.6) is 0 Å². The third kappa shape index (κ3) is 6.49. The fourth-order valence-electron chi connectivity index (χ4n) is 7.92. The molecule has 4 aliphatic carbocycles. The van der Waals surface area contributed by atoms with Gasteiger partial charge in [-0.15, -0.1) is 0 Å². The summed E-state index contributed by atoms with van der Waals surface area (Å²) in [7, 11) is -3.80. The molecule has 0 saturated heterocycles. The van der Waals surface area contributed by atoms with Gasteiger partial charge in [0.25, 0.3) is 0 Å². The minimum atomic E-state index is -3.80. The summed E-state index contributed by atoms with van der Waals surface area (Å²) in [6.07, 6.45) is 9.61. The average molecular weight is 614 g/mol. The highest BCUT2D eigenvalue weighted by Gasteiger charge is 2.51. The van der Waals surface area contributed by atoms with Crippen LogP contribution >= 0.6 is 11.6 Å². The Bertz CT molecular complexity index is 1380. The smallest absolute Gasteiger partial charge is 0.244 e. The van der Waals surface area contributed by atoms with Crippen LogP contribution in [0.2, 0.25) is 5.02 Å². The Hall–Kier alpha value is -2.58. The molecule has 4 bridgehead atoms. The molecule has 6 rings (SSSR count). The second kappa shape index (κ2) is 12.2. The molecule has 0 heterocycles. The summed E-state index contributed by atoms with van der Waals surface area (Å²) in [4.78, 5) is 28.4. The summed E-state index contributed by atoms with van der Waals surface area (Å²) in [6, 6.07) is 14.1. The molecule has 9 heteroatoms. The van der Waals surface area contributed by atoms with Crippen molar-refractivity contribution in [3.05, 3.63) is 64.7 Å². The Morgan fingerprint density at radius 2 is 1.55 bits per heavy atom. The van der Waals surface area contributed by atoms with E-state index in [9.17, 15) is 18.0 Å². The third-order valence-corrected chi connectivity index (χ3v) is 11.5. The van der Waals surface area contributed by atoms with Crippen molar-refractivity contribution >= 4 is 39.1 Å². The van der Waals surface area contributed by atoms with E-state index in [4.69, 9.17) is 11.6 Å². The lowest BCUT2D eigenvalue weighted by molar-refractivity contribution is -0.139. The molecule has 2 amide bonds. The van der Waals surface area contributed by atoms with E-state index in [1.807, 2.05) is 32.0 Å². The molecule has 2 aromatic rings. The minimum absolute atomic E-state index is 0.0581. The Labute approximate surface area is 256 Å². The SMILES string of the molecule is CCC(C)NC(=O)C(C)N(Cc1ccccc1Cl)C(=O)CN(c1ccc(C23CC4CC(CC(C4)C2)C3)cc1)S(C)(=O)=O. The zero-order valence-corrected chi connectivity index (χ0v) is 26.8. The zero-order valence-electron chi connectivity index (χ0n) is 25.2. The molecular formula is C33H44ClN3O4S. The molecule has 0 spiro atoms. The van der Waals surface area contributed by atoms with Crippen LogP contribution in [0.1, 0.15) is 76.8 Å². The first-order valence-corrected chi connectivity index (χ1v) is 17.5. The molecule has 7 nitrogen and oxygen atoms in total. The van der Waals surface area contributed by atoms with Gasteiger partial charge in [-0.05, 0) is 111 Å². The average Bonchev–Trinajstić information content (AvgIpc) is 2.93. The van der Waals surface area contributed by atoms with Gasteiger partial charge in [0.15, 0.2) is 0 Å². The van der Waals surface area contributed by atoms with Gasteiger partial charge < -0.3 is 10.2 Å². The molecule has 2 aromatic carbocycles. The van der Waals surface area contributed by atoms with Gasteiger partial charge in [-0.1, -0.05) is 48.9 Å². The number of sulfonamides is 1. The van der Waals surface area contributed by atoms with Crippen molar-refractivity contribution in [2.24, 2.45) is 17.8 Å². The lowest BCUT2D eigenvalue weighted by Crippen LogP contribution is -2.52. The van der Waals surface area contributed by atoms with Crippen LogP contribution in [0.4, 0.5) is 5.69 Å². The molecule has 0 aliphatic heterocycles. The maximum atomic E-state index is 13.9. The van der Waals surface area contributed by atoms with Crippen molar-refractivity contribution in [3.8, 4) is 0 Å². The van der Waals surface area contributed by atoms with E-state index in [2.05, 4.69) is 17.4 Å². The molecule has 0 radical (unpaired) electrons. The van der Waals surface area contributed by atoms with E-state index >= 15 is 0 Å². The lowest BCUT2D eigenvalue weighted by atomic mass is 9.48. The van der Waals surface area contributed by atoms with Crippen LogP contribution < -0.4 is 9.62 Å². The number of carbonyl (C=O) groups excluding carboxylic acids is 2. The second-order valence-electron chi connectivity index (χ2n) is 13.1. The number of halogens is 1. The Balaban J connectivity index is 1.39. The zero-order chi connectivity index (χ0) is 30.2. The highest BCUT2D eigenvalue weighted by molar-refractivity contribution is 7.92. The number of anilines is 1. The van der Waals surface area contributed by atoms with Crippen molar-refractivity contribution in [3.63, 3.8) is 0 Å². The number of carbonyl (C=O) groups is 2. The molecule has 228 valence electrons. The molecule has 4 saturated carbocycles. The van der Waals surface area contributed by atoms with Crippen molar-refractivity contribution < 1.29 is 18.0 Å². The summed E-state index contributed by atoms with van der Waals surface area (Å²) < 4.78 is 27.3. The molecule has 42 heavy (non-hydrogen) atoms. The monoisotopic (exact) mass is 613 g/mol. The number of nitrogens with one attached hydrogen (secondary N) is 1. The highest BCUT2D eigenvalue weighted by Crippen LogP contribution is 2.60. The third-order valence-electron chi connectivity index (χ3n) is 9.95. The Morgan fingerprint density at radius 1 is 0.976 bits per heavy atom. The van der Waals surface area contributed by atoms with Crippen molar-refractivity contribution in [2.45, 2.75) is 89.8 Å². The van der Waals surface area contributed by atoms with Gasteiger partial charge in [0, 0.05) is 17.6 Å². The second-order valence-corrected chi connectivity index (χ2v) is 15.4. The fourth-order valence-corrected chi connectivity index (χ4v) is 8.96. The van der Waals surface area contributed by atoms with E-state index in [0.717, 1.165) is 34.7 Å². The summed E-state index contributed by atoms with van der Waals surface area (Å²) in [5.74, 6) is 1.66. The van der Waals surface area contributed by atoms with Gasteiger partial charge in [-0.3, -0.25) is 13.9 Å². The molecule has 1 N–H and O–H groups in total. The molecule has 4 fully saturated rings. The van der Waals surface area contributed by atoms with Gasteiger partial charge in [-0.25, -0.2) is 8.42 Å². The van der Waals surface area contributed by atoms with Crippen LogP contribution in [0, 0.1) is 17.8 Å². The number of hydrogen-bond donors (Lipinski definition) is 1. The number of amides is 2. The van der Waals surface area contributed by atoms with Gasteiger partial charge in [-0.2, -0.15) is 0 Å². The molecular weight excluding hydrogens is 570 g/mol. The summed E-state index contributed by atoms with van der Waals surface area (Å²) in [5, 5.41) is 3.42. The van der Waals surface area contributed by atoms with Crippen LogP contribution in [0.25, 0.3) is 0 Å². The number of benzene rings is 2. The van der Waals surface area contributed by atoms with Crippen molar-refractivity contribution in [1.82, 2.24) is 10.2 Å². The predicted octanol–water partition coefficient (Wildman–Crippen LogP) is 5.91. The minimum Gasteiger partial charge on any atom is -0.352 e. The van der Waals surface area contributed by atoms with E-state index in [-0.39, 0.29) is 23.9 Å². The van der Waals surface area contributed by atoms with Crippen LogP contribution in [0.15, 0.2) is 48.5 Å². The van der Waals surface area contributed by atoms with E-state index in [0.29, 0.717) is 16.3 Å². The van der Waals surface area contributed by atoms with Crippen molar-refractivity contribution in [2.75, 3.05) is 17.1 Å². The van der Waals surface area contributed by atoms with Crippen molar-refractivity contribution in [1.29, 1.82) is 0 Å². The Kier molecular flexibility index (Phi) is 8.96. The number of nitrogens with zero attached hydrogens (tertiary/aromatic N) is 2. The molecule has 0 aromatic heterocycles. The summed E-state index contributed by atoms with van der Waals surface area (Å²) in [5.41, 5.74) is 2.62. The maximum absolute atomic E-state index is 13.9. The largest absolute Gasteiger partial charge is 0.352 e. The Morgan fingerprint density at radius 3 is 2.07 bits per heavy atom. The van der Waals surface area contributed by atoms with Gasteiger partial charge in [0.1, 0.15) is 12.6 Å². The quantitative estimate of drug-likeness (QED) is 0.342. The fraction of sp³-hybridized carbons (Fsp3) is 0.576. The number of hydrogen-bond acceptors (Lipinski definition) is 4. The lowest BCUT2D eigenvalue weighted by Gasteiger charge is -2.57. The maximum Gasteiger partial charge on any atom is 0.244 e. The first-order valence-electron chi connectivity index (χ1n) is 15.3. The predicted molar refractivity (Wildman–Crippen MR) is 168 cm³/mol. The van der Waals surface area contributed by atoms with E-state index < -0.39 is 28.5 Å². The van der Waals surface area contributed by atoms with Gasteiger partial charge >= 0.3 is 0 Å². The standard InChI is InChI=1S/C33H44ClN3O4S/c1-5-22(2)35-32(39)23(3)36(20-27-8-6-7-9-30(27)34)31(38)21-37(42(4,40)41)29-12-10-28(11-13-29)33-17-24-14-25(18-33)16-26(15-24)19-33/h6-13,22-26H,5,14-21H2,1-4H3,(H,35,39). The van der Waals surface area contributed by atoms with Crippen LogP contribution in [-0.2, 0) is 31.6 Å². The highest BCUT2D eigenvalue weighted by atomic mass is 35.5. The first kappa shape index (κ1) is 30.9. The molecule has 4 aliphatic rings. The summed E-state index contributed by atoms with van der Waals surface area (Å²) in [6.45, 7) is 5.21. The molecule has 2 atom stereocenters. The summed E-state index contributed by atoms with van der Waals surface area (Å²) >= 11 is 6.42. The topological polar surface area (TPSA) is 86.8 Å². The molecule has 2 unspecified atom stereocenters. The van der Waals surface area contributed by atoms with Crippen LogP contribution in [-0.4, -0.2) is 50.0 Å². The van der Waals surface area contributed by atoms with E-state index in [1.165, 1.54) is 49.0 Å². The normalized spacial score (nSPS) is 26.0. The number of rotatable bonds is 11. The first-order chi connectivity index (χ1) is 19.9. The van der Waals surface area contributed by atoms with E-state index in [1.54, 1.807) is 25.1 Å². The van der Waals surface area contributed by atoms with Gasteiger partial charge in [0.05, 0.1) is 11.9 Å². The van der Waals surface area contributed by atoms with Gasteiger partial charge in [0.2, 0.25) is 21.8 Å². The van der Waals surface area contributed by atoms with Crippen LogP contribution in [0.3, 0.4) is 0 Å².